The molecule has 2 saturated heterocycles. The summed E-state index contributed by atoms with van der Waals surface area (Å²) in [7, 11) is -0.373. The van der Waals surface area contributed by atoms with Gasteiger partial charge in [-0.05, 0) is 56.3 Å². The van der Waals surface area contributed by atoms with Crippen LogP contribution in [0.1, 0.15) is 45.2 Å². The lowest BCUT2D eigenvalue weighted by atomic mass is 9.78. The first-order valence-electron chi connectivity index (χ1n) is 12.0. The highest BCUT2D eigenvalue weighted by molar-refractivity contribution is 6.62. The maximum absolute atomic E-state index is 12.9. The topological polar surface area (TPSA) is 57.2 Å². The number of carbonyl (C=O) groups excluding carboxylic acids is 1. The van der Waals surface area contributed by atoms with Crippen LogP contribution in [0.25, 0.3) is 5.57 Å². The van der Waals surface area contributed by atoms with Crippen molar-refractivity contribution in [3.8, 4) is 0 Å². The zero-order valence-electron chi connectivity index (χ0n) is 20.3. The molecule has 5 rings (SSSR count). The molecule has 7 heteroatoms. The first-order valence-corrected chi connectivity index (χ1v) is 12.0. The first-order chi connectivity index (χ1) is 16.2. The highest BCUT2D eigenvalue weighted by atomic mass is 16.7. The van der Waals surface area contributed by atoms with Gasteiger partial charge in [0.1, 0.15) is 6.61 Å². The maximum atomic E-state index is 12.9. The summed E-state index contributed by atoms with van der Waals surface area (Å²) < 4.78 is 23.7. The second-order valence-electron chi connectivity index (χ2n) is 10.3. The molecule has 1 amide bonds. The standard InChI is InChI=1S/C27H32BNO5/c1-26(2)27(3,4)34-28(33-26)22-12-10-20(11-13-22)21-14-23-17-31-18-24(15-21)29(23)25(30)32-16-19-8-6-5-7-9-19/h5-14,23-24H,15-18H2,1-4H3. The molecular weight excluding hydrogens is 429 g/mol. The Hall–Kier alpha value is -2.61. The number of rotatable bonds is 4. The lowest BCUT2D eigenvalue weighted by Crippen LogP contribution is -2.56. The summed E-state index contributed by atoms with van der Waals surface area (Å²) in [5.74, 6) is 0. The molecule has 2 fully saturated rings. The zero-order valence-corrected chi connectivity index (χ0v) is 20.3. The van der Waals surface area contributed by atoms with Crippen LogP contribution in [0.5, 0.6) is 0 Å². The van der Waals surface area contributed by atoms with E-state index in [1.165, 1.54) is 5.57 Å². The molecule has 2 unspecified atom stereocenters. The van der Waals surface area contributed by atoms with E-state index in [4.69, 9.17) is 18.8 Å². The van der Waals surface area contributed by atoms with Crippen LogP contribution >= 0.6 is 0 Å². The minimum Gasteiger partial charge on any atom is -0.445 e. The maximum Gasteiger partial charge on any atom is 0.494 e. The number of fused-ring (bicyclic) bond motifs is 2. The van der Waals surface area contributed by atoms with Gasteiger partial charge < -0.3 is 18.8 Å². The molecule has 0 spiro atoms. The Morgan fingerprint density at radius 2 is 1.68 bits per heavy atom. The van der Waals surface area contributed by atoms with Gasteiger partial charge >= 0.3 is 13.2 Å². The second-order valence-corrected chi connectivity index (χ2v) is 10.3. The van der Waals surface area contributed by atoms with E-state index in [9.17, 15) is 4.79 Å². The molecule has 34 heavy (non-hydrogen) atoms. The van der Waals surface area contributed by atoms with Gasteiger partial charge in [-0.25, -0.2) is 4.79 Å². The van der Waals surface area contributed by atoms with Gasteiger partial charge in [-0.15, -0.1) is 0 Å². The Morgan fingerprint density at radius 1 is 1.00 bits per heavy atom. The summed E-state index contributed by atoms with van der Waals surface area (Å²) >= 11 is 0. The fourth-order valence-electron chi connectivity index (χ4n) is 4.72. The predicted octanol–water partition coefficient (Wildman–Crippen LogP) is 4.18. The smallest absolute Gasteiger partial charge is 0.445 e. The first kappa shape index (κ1) is 23.2. The van der Waals surface area contributed by atoms with Gasteiger partial charge in [0, 0.05) is 0 Å². The number of nitrogens with zero attached hydrogens (tertiary/aromatic N) is 1. The van der Waals surface area contributed by atoms with E-state index in [-0.39, 0.29) is 43.1 Å². The SMILES string of the molecule is CC1(C)OB(c2ccc(C3=CC4COCC(C3)N4C(=O)OCc3ccccc3)cc2)OC1(C)C. The molecule has 0 aromatic heterocycles. The zero-order chi connectivity index (χ0) is 23.9. The third-order valence-corrected chi connectivity index (χ3v) is 7.42. The van der Waals surface area contributed by atoms with Gasteiger partial charge in [-0.1, -0.05) is 60.7 Å². The predicted molar refractivity (Wildman–Crippen MR) is 132 cm³/mol. The molecule has 0 radical (unpaired) electrons. The minimum atomic E-state index is -0.373. The number of ether oxygens (including phenoxy) is 2. The van der Waals surface area contributed by atoms with E-state index in [1.54, 1.807) is 0 Å². The van der Waals surface area contributed by atoms with E-state index in [1.807, 2.05) is 35.2 Å². The average Bonchev–Trinajstić information content (AvgIpc) is 3.04. The number of benzene rings is 2. The van der Waals surface area contributed by atoms with Gasteiger partial charge in [0.25, 0.3) is 0 Å². The van der Waals surface area contributed by atoms with E-state index >= 15 is 0 Å². The average molecular weight is 461 g/mol. The number of hydrogen-bond acceptors (Lipinski definition) is 5. The van der Waals surface area contributed by atoms with Crippen molar-refractivity contribution in [1.82, 2.24) is 4.90 Å². The lowest BCUT2D eigenvalue weighted by molar-refractivity contribution is -0.0342. The van der Waals surface area contributed by atoms with Crippen molar-refractivity contribution < 1.29 is 23.6 Å². The summed E-state index contributed by atoms with van der Waals surface area (Å²) in [6.45, 7) is 9.51. The normalized spacial score (nSPS) is 25.1. The molecule has 2 aromatic rings. The number of hydrogen-bond donors (Lipinski definition) is 0. The Kier molecular flexibility index (Phi) is 6.04. The van der Waals surface area contributed by atoms with E-state index in [2.05, 4.69) is 58.0 Å². The molecule has 3 aliphatic rings. The van der Waals surface area contributed by atoms with E-state index in [0.717, 1.165) is 23.0 Å². The summed E-state index contributed by atoms with van der Waals surface area (Å²) in [6, 6.07) is 18.0. The third-order valence-electron chi connectivity index (χ3n) is 7.42. The van der Waals surface area contributed by atoms with Crippen LogP contribution in [0.3, 0.4) is 0 Å². The van der Waals surface area contributed by atoms with Crippen molar-refractivity contribution >= 4 is 24.2 Å². The van der Waals surface area contributed by atoms with Crippen LogP contribution in [0.15, 0.2) is 60.7 Å². The highest BCUT2D eigenvalue weighted by Gasteiger charge is 2.51. The molecule has 0 saturated carbocycles. The molecule has 3 heterocycles. The van der Waals surface area contributed by atoms with Gasteiger partial charge in [-0.2, -0.15) is 0 Å². The molecule has 3 aliphatic heterocycles. The number of morpholine rings is 1. The van der Waals surface area contributed by atoms with Gasteiger partial charge in [0.2, 0.25) is 0 Å². The van der Waals surface area contributed by atoms with Gasteiger partial charge in [0.15, 0.2) is 0 Å². The van der Waals surface area contributed by atoms with Gasteiger partial charge in [0.05, 0.1) is 36.5 Å². The van der Waals surface area contributed by atoms with Gasteiger partial charge in [-0.3, -0.25) is 4.90 Å². The Morgan fingerprint density at radius 3 is 2.32 bits per heavy atom. The number of amides is 1. The Balaban J connectivity index is 1.28. The van der Waals surface area contributed by atoms with Crippen LogP contribution in [0.4, 0.5) is 4.79 Å². The molecule has 0 N–H and O–H groups in total. The summed E-state index contributed by atoms with van der Waals surface area (Å²) in [6.07, 6.45) is 2.59. The summed E-state index contributed by atoms with van der Waals surface area (Å²) in [5.41, 5.74) is 3.64. The van der Waals surface area contributed by atoms with Crippen molar-refractivity contribution in [3.63, 3.8) is 0 Å². The number of carbonyl (C=O) groups is 1. The van der Waals surface area contributed by atoms with Crippen LogP contribution in [-0.2, 0) is 25.4 Å². The summed E-state index contributed by atoms with van der Waals surface area (Å²) in [5, 5.41) is 0. The molecule has 178 valence electrons. The van der Waals surface area contributed by atoms with Crippen LogP contribution in [0.2, 0.25) is 0 Å². The molecule has 2 aromatic carbocycles. The van der Waals surface area contributed by atoms with Crippen LogP contribution in [-0.4, -0.2) is 54.6 Å². The molecular formula is C27H32BNO5. The fourth-order valence-corrected chi connectivity index (χ4v) is 4.72. The highest BCUT2D eigenvalue weighted by Crippen LogP contribution is 2.37. The van der Waals surface area contributed by atoms with Crippen molar-refractivity contribution in [2.45, 2.75) is 64.0 Å². The third kappa shape index (κ3) is 4.40. The van der Waals surface area contributed by atoms with Crippen LogP contribution < -0.4 is 5.46 Å². The molecule has 0 aliphatic carbocycles. The van der Waals surface area contributed by atoms with E-state index < -0.39 is 0 Å². The second kappa shape index (κ2) is 8.88. The molecule has 2 atom stereocenters. The van der Waals surface area contributed by atoms with Crippen LogP contribution in [0, 0.1) is 0 Å². The van der Waals surface area contributed by atoms with Crippen molar-refractivity contribution in [1.29, 1.82) is 0 Å². The Labute approximate surface area is 202 Å². The lowest BCUT2D eigenvalue weighted by Gasteiger charge is -2.43. The molecule has 6 nitrogen and oxygen atoms in total. The largest absolute Gasteiger partial charge is 0.494 e. The fraction of sp³-hybridized carbons (Fsp3) is 0.444. The quantitative estimate of drug-likeness (QED) is 0.640. The van der Waals surface area contributed by atoms with Crippen molar-refractivity contribution in [3.05, 3.63) is 71.8 Å². The van der Waals surface area contributed by atoms with Crippen molar-refractivity contribution in [2.24, 2.45) is 0 Å². The minimum absolute atomic E-state index is 0.0372. The van der Waals surface area contributed by atoms with E-state index in [0.29, 0.717) is 13.2 Å². The summed E-state index contributed by atoms with van der Waals surface area (Å²) in [4.78, 5) is 14.8. The van der Waals surface area contributed by atoms with Crippen molar-refractivity contribution in [2.75, 3.05) is 13.2 Å². The monoisotopic (exact) mass is 461 g/mol. The molecule has 2 bridgehead atoms. The Bertz CT molecular complexity index is 1050.